The second-order valence-electron chi connectivity index (χ2n) is 8.57. The van der Waals surface area contributed by atoms with Crippen molar-refractivity contribution >= 4 is 10.0 Å². The van der Waals surface area contributed by atoms with E-state index in [-0.39, 0.29) is 28.8 Å². The largest absolute Gasteiger partial charge is 0.315 e. The lowest BCUT2D eigenvalue weighted by atomic mass is 9.67. The summed E-state index contributed by atoms with van der Waals surface area (Å²) in [5, 5.41) is 8.44. The van der Waals surface area contributed by atoms with E-state index in [0.29, 0.717) is 12.6 Å². The van der Waals surface area contributed by atoms with Crippen molar-refractivity contribution in [3.63, 3.8) is 0 Å². The molecular formula is C20H26F2N4O2S. The van der Waals surface area contributed by atoms with Crippen LogP contribution in [0, 0.1) is 17.0 Å². The highest BCUT2D eigenvalue weighted by molar-refractivity contribution is 7.89. The third-order valence-corrected chi connectivity index (χ3v) is 8.20. The van der Waals surface area contributed by atoms with E-state index < -0.39 is 21.7 Å². The number of nitrogens with zero attached hydrogens (tertiary/aromatic N) is 4. The van der Waals surface area contributed by atoms with Gasteiger partial charge in [0.1, 0.15) is 23.8 Å². The Bertz CT molecular complexity index is 979. The first kappa shape index (κ1) is 20.4. The number of aromatic nitrogens is 3. The van der Waals surface area contributed by atoms with Gasteiger partial charge in [-0.1, -0.05) is 19.3 Å². The van der Waals surface area contributed by atoms with Crippen molar-refractivity contribution in [2.45, 2.75) is 62.8 Å². The summed E-state index contributed by atoms with van der Waals surface area (Å²) >= 11 is 0. The van der Waals surface area contributed by atoms with Gasteiger partial charge in [-0.2, -0.15) is 4.31 Å². The number of rotatable bonds is 4. The first-order chi connectivity index (χ1) is 13.7. The second-order valence-corrected chi connectivity index (χ2v) is 10.5. The zero-order chi connectivity index (χ0) is 20.8. The van der Waals surface area contributed by atoms with Crippen LogP contribution < -0.4 is 0 Å². The van der Waals surface area contributed by atoms with E-state index in [2.05, 4.69) is 10.2 Å². The summed E-state index contributed by atoms with van der Waals surface area (Å²) in [5.74, 6) is -1.09. The fourth-order valence-corrected chi connectivity index (χ4v) is 6.54. The SMILES string of the molecule is CC(C)n1cnnc1C1CN(S(=O)(=O)c2cc(F)cc(F)c2)CC12CCCCC2. The molecule has 29 heavy (non-hydrogen) atoms. The number of benzene rings is 1. The summed E-state index contributed by atoms with van der Waals surface area (Å²) in [6.45, 7) is 4.66. The lowest BCUT2D eigenvalue weighted by Gasteiger charge is -2.38. The molecule has 1 saturated carbocycles. The van der Waals surface area contributed by atoms with Crippen LogP contribution in [-0.4, -0.2) is 40.6 Å². The van der Waals surface area contributed by atoms with Gasteiger partial charge in [0.2, 0.25) is 10.0 Å². The summed E-state index contributed by atoms with van der Waals surface area (Å²) < 4.78 is 57.3. The molecule has 0 amide bonds. The van der Waals surface area contributed by atoms with E-state index in [1.54, 1.807) is 6.33 Å². The van der Waals surface area contributed by atoms with Gasteiger partial charge in [-0.3, -0.25) is 0 Å². The molecule has 1 aromatic heterocycles. The minimum Gasteiger partial charge on any atom is -0.315 e. The van der Waals surface area contributed by atoms with Crippen molar-refractivity contribution in [3.05, 3.63) is 42.0 Å². The van der Waals surface area contributed by atoms with E-state index in [0.717, 1.165) is 50.1 Å². The summed E-state index contributed by atoms with van der Waals surface area (Å²) in [5.41, 5.74) is -0.225. The molecule has 0 bridgehead atoms. The third-order valence-electron chi connectivity index (χ3n) is 6.41. The van der Waals surface area contributed by atoms with Gasteiger partial charge in [-0.15, -0.1) is 10.2 Å². The maximum atomic E-state index is 13.7. The Hall–Kier alpha value is -1.87. The normalized spacial score (nSPS) is 22.6. The Labute approximate surface area is 170 Å². The van der Waals surface area contributed by atoms with E-state index >= 15 is 0 Å². The summed E-state index contributed by atoms with van der Waals surface area (Å²) in [6, 6.07) is 2.61. The number of hydrogen-bond acceptors (Lipinski definition) is 4. The van der Waals surface area contributed by atoms with Gasteiger partial charge in [0.25, 0.3) is 0 Å². The topological polar surface area (TPSA) is 68.1 Å². The number of halogens is 2. The first-order valence-corrected chi connectivity index (χ1v) is 11.5. The summed E-state index contributed by atoms with van der Waals surface area (Å²) in [7, 11) is -4.02. The van der Waals surface area contributed by atoms with Gasteiger partial charge in [0.05, 0.1) is 4.90 Å². The van der Waals surface area contributed by atoms with Crippen LogP contribution in [0.2, 0.25) is 0 Å². The summed E-state index contributed by atoms with van der Waals surface area (Å²) in [4.78, 5) is -0.341. The van der Waals surface area contributed by atoms with Crippen LogP contribution in [-0.2, 0) is 10.0 Å². The summed E-state index contributed by atoms with van der Waals surface area (Å²) in [6.07, 6.45) is 6.71. The monoisotopic (exact) mass is 424 g/mol. The van der Waals surface area contributed by atoms with Gasteiger partial charge in [0.15, 0.2) is 0 Å². The van der Waals surface area contributed by atoms with Gasteiger partial charge in [0, 0.05) is 31.1 Å². The molecule has 4 rings (SSSR count). The van der Waals surface area contributed by atoms with Crippen molar-refractivity contribution in [2.75, 3.05) is 13.1 Å². The van der Waals surface area contributed by atoms with E-state index in [4.69, 9.17) is 0 Å². The molecule has 2 fully saturated rings. The lowest BCUT2D eigenvalue weighted by Crippen LogP contribution is -2.34. The highest BCUT2D eigenvalue weighted by Crippen LogP contribution is 2.52. The third kappa shape index (κ3) is 3.59. The van der Waals surface area contributed by atoms with Crippen molar-refractivity contribution in [1.82, 2.24) is 19.1 Å². The zero-order valence-corrected chi connectivity index (χ0v) is 17.5. The fraction of sp³-hybridized carbons (Fsp3) is 0.600. The minimum atomic E-state index is -4.02. The highest BCUT2D eigenvalue weighted by Gasteiger charge is 2.52. The molecule has 1 aromatic carbocycles. The maximum Gasteiger partial charge on any atom is 0.243 e. The fourth-order valence-electron chi connectivity index (χ4n) is 4.95. The van der Waals surface area contributed by atoms with Crippen LogP contribution in [0.1, 0.15) is 63.7 Å². The Kier molecular flexibility index (Phi) is 5.23. The molecule has 158 valence electrons. The molecule has 2 aliphatic rings. The van der Waals surface area contributed by atoms with Gasteiger partial charge in [-0.05, 0) is 44.2 Å². The average Bonchev–Trinajstić information content (AvgIpc) is 3.27. The van der Waals surface area contributed by atoms with Crippen LogP contribution in [0.4, 0.5) is 8.78 Å². The van der Waals surface area contributed by atoms with Gasteiger partial charge < -0.3 is 4.57 Å². The zero-order valence-electron chi connectivity index (χ0n) is 16.7. The predicted molar refractivity (Wildman–Crippen MR) is 104 cm³/mol. The molecular weight excluding hydrogens is 398 g/mol. The van der Waals surface area contributed by atoms with E-state index in [1.165, 1.54) is 4.31 Å². The second kappa shape index (κ2) is 7.43. The Morgan fingerprint density at radius 2 is 1.76 bits per heavy atom. The van der Waals surface area contributed by atoms with E-state index in [9.17, 15) is 17.2 Å². The minimum absolute atomic E-state index is 0.0964. The first-order valence-electron chi connectivity index (χ1n) is 10.1. The Morgan fingerprint density at radius 1 is 1.10 bits per heavy atom. The van der Waals surface area contributed by atoms with Crippen molar-refractivity contribution in [3.8, 4) is 0 Å². The van der Waals surface area contributed by atoms with Crippen LogP contribution in [0.15, 0.2) is 29.4 Å². The van der Waals surface area contributed by atoms with E-state index in [1.807, 2.05) is 18.4 Å². The lowest BCUT2D eigenvalue weighted by molar-refractivity contribution is 0.175. The maximum absolute atomic E-state index is 13.7. The Morgan fingerprint density at radius 3 is 2.38 bits per heavy atom. The predicted octanol–water partition coefficient (Wildman–Crippen LogP) is 3.88. The molecule has 1 atom stereocenters. The molecule has 1 spiro atoms. The molecule has 9 heteroatoms. The Balaban J connectivity index is 1.74. The number of hydrogen-bond donors (Lipinski definition) is 0. The van der Waals surface area contributed by atoms with Crippen LogP contribution in [0.3, 0.4) is 0 Å². The standard InChI is InChI=1S/C20H26F2N4O2S/c1-14(2)26-13-23-24-19(26)18-11-25(12-20(18)6-4-3-5-7-20)29(27,28)17-9-15(21)8-16(22)10-17/h8-10,13-14,18H,3-7,11-12H2,1-2H3. The highest BCUT2D eigenvalue weighted by atomic mass is 32.2. The quantitative estimate of drug-likeness (QED) is 0.747. The van der Waals surface area contributed by atoms with Crippen LogP contribution in [0.25, 0.3) is 0 Å². The van der Waals surface area contributed by atoms with Crippen molar-refractivity contribution < 1.29 is 17.2 Å². The molecule has 2 aromatic rings. The molecule has 1 aliphatic carbocycles. The van der Waals surface area contributed by atoms with Crippen molar-refractivity contribution in [2.24, 2.45) is 5.41 Å². The van der Waals surface area contributed by atoms with Crippen LogP contribution >= 0.6 is 0 Å². The molecule has 1 saturated heterocycles. The molecule has 6 nitrogen and oxygen atoms in total. The molecule has 0 N–H and O–H groups in total. The van der Waals surface area contributed by atoms with Crippen LogP contribution in [0.5, 0.6) is 0 Å². The molecule has 1 unspecified atom stereocenters. The van der Waals surface area contributed by atoms with Crippen molar-refractivity contribution in [1.29, 1.82) is 0 Å². The smallest absolute Gasteiger partial charge is 0.243 e. The van der Waals surface area contributed by atoms with Gasteiger partial charge in [-0.25, -0.2) is 17.2 Å². The molecule has 2 heterocycles. The number of sulfonamides is 1. The average molecular weight is 425 g/mol. The van der Waals surface area contributed by atoms with Gasteiger partial charge >= 0.3 is 0 Å². The molecule has 0 radical (unpaired) electrons. The molecule has 1 aliphatic heterocycles.